The predicted molar refractivity (Wildman–Crippen MR) is 104 cm³/mol. The van der Waals surface area contributed by atoms with E-state index in [1.807, 2.05) is 54.6 Å². The molecule has 4 heteroatoms. The standard InChI is InChI=1S/C23H22O4/c1-25-19-10-7-17-8-12-21(27-22(17)14-19)20-11-9-18(24)13-23(20)26-15-16-5-3-2-4-6-16/h2-7,9-11,13-14,21,24H,8,12,15H2,1H3. The van der Waals surface area contributed by atoms with E-state index in [2.05, 4.69) is 0 Å². The second-order valence-corrected chi connectivity index (χ2v) is 6.62. The van der Waals surface area contributed by atoms with E-state index < -0.39 is 0 Å². The van der Waals surface area contributed by atoms with Crippen molar-refractivity contribution < 1.29 is 19.3 Å². The lowest BCUT2D eigenvalue weighted by Gasteiger charge is -2.28. The number of methoxy groups -OCH3 is 1. The van der Waals surface area contributed by atoms with E-state index in [1.165, 1.54) is 5.56 Å². The molecule has 0 aliphatic carbocycles. The average Bonchev–Trinajstić information content (AvgIpc) is 2.72. The van der Waals surface area contributed by atoms with Crippen molar-refractivity contribution in [1.29, 1.82) is 0 Å². The van der Waals surface area contributed by atoms with Crippen molar-refractivity contribution in [2.24, 2.45) is 0 Å². The summed E-state index contributed by atoms with van der Waals surface area (Å²) >= 11 is 0. The summed E-state index contributed by atoms with van der Waals surface area (Å²) in [5.74, 6) is 2.45. The van der Waals surface area contributed by atoms with Gasteiger partial charge in [-0.2, -0.15) is 0 Å². The van der Waals surface area contributed by atoms with E-state index in [9.17, 15) is 5.11 Å². The number of fused-ring (bicyclic) bond motifs is 1. The van der Waals surface area contributed by atoms with Gasteiger partial charge in [-0.1, -0.05) is 36.4 Å². The van der Waals surface area contributed by atoms with E-state index in [4.69, 9.17) is 14.2 Å². The SMILES string of the molecule is COc1ccc2c(c1)OC(c1ccc(O)cc1OCc1ccccc1)CC2. The van der Waals surface area contributed by atoms with E-state index in [1.54, 1.807) is 19.2 Å². The second kappa shape index (κ2) is 7.62. The smallest absolute Gasteiger partial charge is 0.130 e. The van der Waals surface area contributed by atoms with Crippen molar-refractivity contribution in [3.63, 3.8) is 0 Å². The molecule has 1 N–H and O–H groups in total. The highest BCUT2D eigenvalue weighted by atomic mass is 16.5. The van der Waals surface area contributed by atoms with Gasteiger partial charge in [0.1, 0.15) is 35.7 Å². The molecule has 0 saturated heterocycles. The van der Waals surface area contributed by atoms with Crippen LogP contribution in [0.3, 0.4) is 0 Å². The van der Waals surface area contributed by atoms with Crippen LogP contribution in [0.15, 0.2) is 66.7 Å². The Hall–Kier alpha value is -3.14. The van der Waals surface area contributed by atoms with Crippen LogP contribution in [-0.2, 0) is 13.0 Å². The van der Waals surface area contributed by atoms with Crippen LogP contribution in [0.2, 0.25) is 0 Å². The van der Waals surface area contributed by atoms with E-state index in [-0.39, 0.29) is 11.9 Å². The number of hydrogen-bond acceptors (Lipinski definition) is 4. The molecule has 0 bridgehead atoms. The molecule has 1 unspecified atom stereocenters. The third-order valence-corrected chi connectivity index (χ3v) is 4.80. The quantitative estimate of drug-likeness (QED) is 0.690. The highest BCUT2D eigenvalue weighted by Gasteiger charge is 2.25. The molecule has 3 aromatic rings. The van der Waals surface area contributed by atoms with Gasteiger partial charge in [-0.3, -0.25) is 0 Å². The Morgan fingerprint density at radius 2 is 1.89 bits per heavy atom. The van der Waals surface area contributed by atoms with Crippen molar-refractivity contribution in [3.05, 3.63) is 83.4 Å². The van der Waals surface area contributed by atoms with Crippen molar-refractivity contribution in [3.8, 4) is 23.0 Å². The molecule has 1 aliphatic rings. The van der Waals surface area contributed by atoms with Crippen LogP contribution in [0.25, 0.3) is 0 Å². The average molecular weight is 362 g/mol. The molecular formula is C23H22O4. The number of aromatic hydroxyl groups is 1. The van der Waals surface area contributed by atoms with Crippen LogP contribution in [0.1, 0.15) is 29.2 Å². The first-order valence-corrected chi connectivity index (χ1v) is 9.06. The van der Waals surface area contributed by atoms with Gasteiger partial charge in [-0.05, 0) is 42.2 Å². The van der Waals surface area contributed by atoms with Crippen LogP contribution < -0.4 is 14.2 Å². The van der Waals surface area contributed by atoms with Crippen molar-refractivity contribution >= 4 is 0 Å². The van der Waals surface area contributed by atoms with Crippen molar-refractivity contribution in [1.82, 2.24) is 0 Å². The number of rotatable bonds is 5. The third kappa shape index (κ3) is 3.85. The zero-order chi connectivity index (χ0) is 18.6. The molecule has 0 radical (unpaired) electrons. The number of hydrogen-bond donors (Lipinski definition) is 1. The topological polar surface area (TPSA) is 47.9 Å². The summed E-state index contributed by atoms with van der Waals surface area (Å²) in [4.78, 5) is 0. The normalized spacial score (nSPS) is 15.5. The first kappa shape index (κ1) is 17.3. The molecule has 0 fully saturated rings. The molecule has 1 aliphatic heterocycles. The Bertz CT molecular complexity index is 921. The Balaban J connectivity index is 1.58. The summed E-state index contributed by atoms with van der Waals surface area (Å²) in [6.45, 7) is 0.439. The summed E-state index contributed by atoms with van der Waals surface area (Å²) in [5.41, 5.74) is 3.20. The lowest BCUT2D eigenvalue weighted by atomic mass is 9.96. The van der Waals surface area contributed by atoms with Gasteiger partial charge in [0.15, 0.2) is 0 Å². The Labute approximate surface area is 158 Å². The summed E-state index contributed by atoms with van der Waals surface area (Å²) in [5, 5.41) is 9.92. The van der Waals surface area contributed by atoms with Gasteiger partial charge in [0, 0.05) is 17.7 Å². The predicted octanol–water partition coefficient (Wildman–Crippen LogP) is 5.05. The summed E-state index contributed by atoms with van der Waals surface area (Å²) < 4.78 is 17.6. The maximum absolute atomic E-state index is 9.92. The van der Waals surface area contributed by atoms with Gasteiger partial charge in [0.25, 0.3) is 0 Å². The van der Waals surface area contributed by atoms with Gasteiger partial charge in [-0.25, -0.2) is 0 Å². The monoisotopic (exact) mass is 362 g/mol. The Morgan fingerprint density at radius 3 is 2.70 bits per heavy atom. The molecule has 0 amide bonds. The maximum atomic E-state index is 9.92. The van der Waals surface area contributed by atoms with Crippen LogP contribution in [0, 0.1) is 0 Å². The molecule has 138 valence electrons. The number of aryl methyl sites for hydroxylation is 1. The second-order valence-electron chi connectivity index (χ2n) is 6.62. The van der Waals surface area contributed by atoms with Crippen LogP contribution in [-0.4, -0.2) is 12.2 Å². The molecule has 0 aromatic heterocycles. The molecule has 1 heterocycles. The molecule has 4 nitrogen and oxygen atoms in total. The first-order chi connectivity index (χ1) is 13.2. The lowest BCUT2D eigenvalue weighted by molar-refractivity contribution is 0.168. The van der Waals surface area contributed by atoms with Crippen LogP contribution in [0.5, 0.6) is 23.0 Å². The number of ether oxygens (including phenoxy) is 3. The molecular weight excluding hydrogens is 340 g/mol. The maximum Gasteiger partial charge on any atom is 0.130 e. The highest BCUT2D eigenvalue weighted by Crippen LogP contribution is 2.40. The van der Waals surface area contributed by atoms with E-state index in [0.717, 1.165) is 35.5 Å². The van der Waals surface area contributed by atoms with E-state index in [0.29, 0.717) is 12.4 Å². The molecule has 0 saturated carbocycles. The fourth-order valence-corrected chi connectivity index (χ4v) is 3.35. The van der Waals surface area contributed by atoms with Crippen LogP contribution in [0.4, 0.5) is 0 Å². The van der Waals surface area contributed by atoms with Gasteiger partial charge in [0.2, 0.25) is 0 Å². The summed E-state index contributed by atoms with van der Waals surface area (Å²) in [6, 6.07) is 21.1. The fraction of sp³-hybridized carbons (Fsp3) is 0.217. The van der Waals surface area contributed by atoms with Crippen molar-refractivity contribution in [2.45, 2.75) is 25.6 Å². The van der Waals surface area contributed by atoms with Gasteiger partial charge in [0.05, 0.1) is 7.11 Å². The zero-order valence-electron chi connectivity index (χ0n) is 15.2. The number of phenols is 1. The Morgan fingerprint density at radius 1 is 1.04 bits per heavy atom. The number of benzene rings is 3. The minimum Gasteiger partial charge on any atom is -0.508 e. The first-order valence-electron chi connectivity index (χ1n) is 9.06. The highest BCUT2D eigenvalue weighted by molar-refractivity contribution is 5.46. The fourth-order valence-electron chi connectivity index (χ4n) is 3.35. The van der Waals surface area contributed by atoms with E-state index >= 15 is 0 Å². The summed E-state index contributed by atoms with van der Waals surface area (Å²) in [7, 11) is 1.65. The third-order valence-electron chi connectivity index (χ3n) is 4.80. The van der Waals surface area contributed by atoms with Gasteiger partial charge in [-0.15, -0.1) is 0 Å². The van der Waals surface area contributed by atoms with Gasteiger partial charge >= 0.3 is 0 Å². The van der Waals surface area contributed by atoms with Crippen molar-refractivity contribution in [2.75, 3.05) is 7.11 Å². The number of phenolic OH excluding ortho intramolecular Hbond substituents is 1. The molecule has 27 heavy (non-hydrogen) atoms. The minimum absolute atomic E-state index is 0.129. The molecule has 3 aromatic carbocycles. The van der Waals surface area contributed by atoms with Gasteiger partial charge < -0.3 is 19.3 Å². The molecule has 1 atom stereocenters. The largest absolute Gasteiger partial charge is 0.508 e. The lowest BCUT2D eigenvalue weighted by Crippen LogP contribution is -2.16. The molecule has 4 rings (SSSR count). The Kier molecular flexibility index (Phi) is 4.88. The molecule has 0 spiro atoms. The zero-order valence-corrected chi connectivity index (χ0v) is 15.2. The minimum atomic E-state index is -0.129. The van der Waals surface area contributed by atoms with Crippen LogP contribution >= 0.6 is 0 Å². The summed E-state index contributed by atoms with van der Waals surface area (Å²) in [6.07, 6.45) is 1.64.